The number of nitrogens with two attached hydrogens (primary N) is 1. The van der Waals surface area contributed by atoms with Crippen molar-refractivity contribution in [2.24, 2.45) is 5.73 Å². The Labute approximate surface area is 104 Å². The van der Waals surface area contributed by atoms with Gasteiger partial charge in [0, 0.05) is 0 Å². The van der Waals surface area contributed by atoms with Crippen molar-refractivity contribution in [1.82, 2.24) is 10.1 Å². The lowest BCUT2D eigenvalue weighted by Gasteiger charge is -2.07. The lowest BCUT2D eigenvalue weighted by Crippen LogP contribution is -1.96. The Hall–Kier alpha value is -2.08. The van der Waals surface area contributed by atoms with Crippen molar-refractivity contribution in [3.8, 4) is 22.9 Å². The van der Waals surface area contributed by atoms with Gasteiger partial charge in [-0.25, -0.2) is 0 Å². The van der Waals surface area contributed by atoms with E-state index in [-0.39, 0.29) is 13.3 Å². The smallest absolute Gasteiger partial charge is 0.240 e. The first-order chi connectivity index (χ1) is 8.70. The van der Waals surface area contributed by atoms with Gasteiger partial charge in [-0.2, -0.15) is 4.98 Å². The fourth-order valence-electron chi connectivity index (χ4n) is 1.94. The van der Waals surface area contributed by atoms with Crippen LogP contribution in [0.25, 0.3) is 11.4 Å². The normalized spacial score (nSPS) is 13.1. The van der Waals surface area contributed by atoms with Crippen LogP contribution in [0.5, 0.6) is 11.5 Å². The van der Waals surface area contributed by atoms with Gasteiger partial charge in [-0.15, -0.1) is 0 Å². The van der Waals surface area contributed by atoms with Gasteiger partial charge >= 0.3 is 0 Å². The summed E-state index contributed by atoms with van der Waals surface area (Å²) in [5, 5.41) is 3.90. The highest BCUT2D eigenvalue weighted by molar-refractivity contribution is 5.72. The van der Waals surface area contributed by atoms with E-state index in [4.69, 9.17) is 19.7 Å². The van der Waals surface area contributed by atoms with E-state index < -0.39 is 0 Å². The molecule has 0 bridgehead atoms. The van der Waals surface area contributed by atoms with Gasteiger partial charge in [0.2, 0.25) is 18.5 Å². The predicted octanol–water partition coefficient (Wildman–Crippen LogP) is 1.54. The Balaban J connectivity index is 2.18. The minimum Gasteiger partial charge on any atom is -0.453 e. The molecule has 94 valence electrons. The molecule has 0 saturated heterocycles. The van der Waals surface area contributed by atoms with E-state index in [1.807, 2.05) is 19.9 Å². The summed E-state index contributed by atoms with van der Waals surface area (Å²) in [6, 6.07) is 1.97. The van der Waals surface area contributed by atoms with Crippen molar-refractivity contribution in [3.63, 3.8) is 0 Å². The second kappa shape index (κ2) is 3.99. The predicted molar refractivity (Wildman–Crippen MR) is 63.2 cm³/mol. The molecule has 0 atom stereocenters. The van der Waals surface area contributed by atoms with Crippen molar-refractivity contribution in [2.45, 2.75) is 20.4 Å². The van der Waals surface area contributed by atoms with Crippen LogP contribution in [-0.4, -0.2) is 16.9 Å². The number of rotatable bonds is 2. The van der Waals surface area contributed by atoms with E-state index >= 15 is 0 Å². The maximum absolute atomic E-state index is 5.49. The number of aryl methyl sites for hydroxylation is 1. The minimum absolute atomic E-state index is 0.216. The summed E-state index contributed by atoms with van der Waals surface area (Å²) in [4.78, 5) is 4.21. The van der Waals surface area contributed by atoms with Crippen LogP contribution < -0.4 is 15.2 Å². The van der Waals surface area contributed by atoms with Gasteiger partial charge in [0.15, 0.2) is 11.5 Å². The van der Waals surface area contributed by atoms with Gasteiger partial charge < -0.3 is 19.7 Å². The zero-order chi connectivity index (χ0) is 12.7. The number of fused-ring (bicyclic) bond motifs is 1. The van der Waals surface area contributed by atoms with Gasteiger partial charge in [-0.3, -0.25) is 0 Å². The Morgan fingerprint density at radius 3 is 2.78 bits per heavy atom. The molecule has 0 aliphatic carbocycles. The highest BCUT2D eigenvalue weighted by atomic mass is 16.7. The first-order valence-corrected chi connectivity index (χ1v) is 5.63. The molecule has 3 rings (SSSR count). The highest BCUT2D eigenvalue weighted by Crippen LogP contribution is 2.44. The summed E-state index contributed by atoms with van der Waals surface area (Å²) < 4.78 is 16.0. The molecule has 0 fully saturated rings. The quantitative estimate of drug-likeness (QED) is 0.866. The second-order valence-electron chi connectivity index (χ2n) is 4.15. The van der Waals surface area contributed by atoms with Crippen LogP contribution in [0.2, 0.25) is 0 Å². The Kier molecular flexibility index (Phi) is 2.45. The van der Waals surface area contributed by atoms with Crippen LogP contribution in [-0.2, 0) is 6.54 Å². The first kappa shape index (κ1) is 11.0. The Bertz CT molecular complexity index is 607. The topological polar surface area (TPSA) is 83.4 Å². The van der Waals surface area contributed by atoms with Gasteiger partial charge in [0.05, 0.1) is 12.1 Å². The maximum Gasteiger partial charge on any atom is 0.240 e. The molecule has 6 heteroatoms. The zero-order valence-corrected chi connectivity index (χ0v) is 10.2. The molecule has 1 aliphatic heterocycles. The van der Waals surface area contributed by atoms with Crippen LogP contribution >= 0.6 is 0 Å². The number of nitrogens with zero attached hydrogens (tertiary/aromatic N) is 2. The lowest BCUT2D eigenvalue weighted by molar-refractivity contribution is 0.173. The molecule has 0 saturated carbocycles. The minimum atomic E-state index is 0.216. The molecule has 0 unspecified atom stereocenters. The van der Waals surface area contributed by atoms with Crippen molar-refractivity contribution >= 4 is 0 Å². The summed E-state index contributed by atoms with van der Waals surface area (Å²) in [6.45, 7) is 4.44. The van der Waals surface area contributed by atoms with Crippen molar-refractivity contribution < 1.29 is 14.0 Å². The first-order valence-electron chi connectivity index (χ1n) is 5.63. The van der Waals surface area contributed by atoms with Gasteiger partial charge in [0.25, 0.3) is 0 Å². The number of aromatic nitrogens is 2. The fraction of sp³-hybridized carbons (Fsp3) is 0.333. The molecular formula is C12H13N3O3. The molecule has 1 aromatic heterocycles. The zero-order valence-electron chi connectivity index (χ0n) is 10.2. The van der Waals surface area contributed by atoms with E-state index in [2.05, 4.69) is 10.1 Å². The summed E-state index contributed by atoms with van der Waals surface area (Å²) in [7, 11) is 0. The third kappa shape index (κ3) is 1.53. The van der Waals surface area contributed by atoms with E-state index in [0.717, 1.165) is 22.4 Å². The molecule has 18 heavy (non-hydrogen) atoms. The molecule has 1 aliphatic rings. The van der Waals surface area contributed by atoms with Crippen molar-refractivity contribution in [2.75, 3.05) is 6.79 Å². The third-order valence-corrected chi connectivity index (χ3v) is 3.03. The Morgan fingerprint density at radius 2 is 2.06 bits per heavy atom. The average Bonchev–Trinajstić information content (AvgIpc) is 3.02. The summed E-state index contributed by atoms with van der Waals surface area (Å²) in [6.07, 6.45) is 0. The van der Waals surface area contributed by atoms with E-state index in [1.54, 1.807) is 0 Å². The van der Waals surface area contributed by atoms with E-state index in [0.29, 0.717) is 17.5 Å². The van der Waals surface area contributed by atoms with Gasteiger partial charge in [0.1, 0.15) is 0 Å². The second-order valence-corrected chi connectivity index (χ2v) is 4.15. The van der Waals surface area contributed by atoms with Crippen LogP contribution in [0.1, 0.15) is 17.0 Å². The van der Waals surface area contributed by atoms with Gasteiger partial charge in [-0.05, 0) is 31.0 Å². The molecule has 0 spiro atoms. The number of hydrogen-bond donors (Lipinski definition) is 1. The van der Waals surface area contributed by atoms with Gasteiger partial charge in [-0.1, -0.05) is 5.16 Å². The molecular weight excluding hydrogens is 234 g/mol. The molecule has 2 N–H and O–H groups in total. The fourth-order valence-corrected chi connectivity index (χ4v) is 1.94. The molecule has 6 nitrogen and oxygen atoms in total. The number of hydrogen-bond acceptors (Lipinski definition) is 6. The SMILES string of the molecule is Cc1cc(-c2noc(CN)n2)c2c(c1C)OCO2. The Morgan fingerprint density at radius 1 is 1.28 bits per heavy atom. The molecule has 1 aromatic carbocycles. The average molecular weight is 247 g/mol. The van der Waals surface area contributed by atoms with Crippen molar-refractivity contribution in [3.05, 3.63) is 23.1 Å². The summed E-state index contributed by atoms with van der Waals surface area (Å²) in [5.41, 5.74) is 8.38. The van der Waals surface area contributed by atoms with Crippen molar-refractivity contribution in [1.29, 1.82) is 0 Å². The molecule has 0 radical (unpaired) electrons. The molecule has 0 amide bonds. The summed E-state index contributed by atoms with van der Waals surface area (Å²) in [5.74, 6) is 2.29. The maximum atomic E-state index is 5.49. The number of benzene rings is 1. The summed E-state index contributed by atoms with van der Waals surface area (Å²) >= 11 is 0. The van der Waals surface area contributed by atoms with Crippen LogP contribution in [0.4, 0.5) is 0 Å². The monoisotopic (exact) mass is 247 g/mol. The largest absolute Gasteiger partial charge is 0.453 e. The number of ether oxygens (including phenoxy) is 2. The molecule has 2 heterocycles. The van der Waals surface area contributed by atoms with Crippen LogP contribution in [0.15, 0.2) is 10.6 Å². The lowest BCUT2D eigenvalue weighted by atomic mass is 10.0. The van der Waals surface area contributed by atoms with E-state index in [1.165, 1.54) is 0 Å². The third-order valence-electron chi connectivity index (χ3n) is 3.03. The standard InChI is InChI=1S/C12H13N3O3/c1-6-3-8(12-14-9(4-13)18-15-12)11-10(7(6)2)16-5-17-11/h3H,4-5,13H2,1-2H3. The van der Waals surface area contributed by atoms with Crippen LogP contribution in [0, 0.1) is 13.8 Å². The van der Waals surface area contributed by atoms with Crippen LogP contribution in [0.3, 0.4) is 0 Å². The highest BCUT2D eigenvalue weighted by Gasteiger charge is 2.25. The van der Waals surface area contributed by atoms with E-state index in [9.17, 15) is 0 Å². The molecule has 2 aromatic rings.